The van der Waals surface area contributed by atoms with E-state index < -0.39 is 63.7 Å². The smallest absolute Gasteiger partial charge is 0.318 e. The lowest BCUT2D eigenvalue weighted by molar-refractivity contribution is -0.161. The first-order valence-corrected chi connectivity index (χ1v) is 33.4. The number of aliphatic hydroxyl groups is 1. The second kappa shape index (κ2) is 43.5. The number of nitrogens with zero attached hydrogens (tertiary/aromatic N) is 5. The molecule has 3 heterocycles. The Balaban J connectivity index is 0. The predicted molar refractivity (Wildman–Crippen MR) is 347 cm³/mol. The van der Waals surface area contributed by atoms with Crippen LogP contribution in [0.3, 0.4) is 0 Å². The number of carbonyl (C=O) groups excluding carboxylic acids is 7. The van der Waals surface area contributed by atoms with Crippen molar-refractivity contribution in [1.29, 1.82) is 5.53 Å². The highest BCUT2D eigenvalue weighted by atomic mass is 16.6. The summed E-state index contributed by atoms with van der Waals surface area (Å²) >= 11 is 0. The Kier molecular flexibility index (Phi) is 42.4. The van der Waals surface area contributed by atoms with Gasteiger partial charge in [-0.2, -0.15) is 5.11 Å². The standard InChI is InChI=1S/C43H75N3O8.C10H16O3.C8H19N.C5H13N3.C2H6O/c1-13-16-17-18-19-20-27-45-36(48)31(22-24-42(7,8)32(39(51)52)29(4)40(53)54-15-3)34(38(45)50)43(9,10)25-23-30-33(41(5,6)14-2)37(49)46(35(30)47)28-21-26-44(11)12;1-5-10(3,4)7-6(2)8(11)13-9(7)12;1-2-3-4-5-6-7-8-9;1-8(2)5-3-4-7-6;1-2-3/h29-34H,13-28H2,1-12H3,(H,51,52);6-7H,5H2,1-4H3;2-9H2,1H3;6H,3-5H2,1-2H3;3H,2H2,1H3. The van der Waals surface area contributed by atoms with Crippen molar-refractivity contribution >= 4 is 47.5 Å². The van der Waals surface area contributed by atoms with Crippen LogP contribution in [-0.2, 0) is 47.8 Å². The zero-order valence-electron chi connectivity index (χ0n) is 58.7. The molecule has 3 saturated heterocycles. The third-order valence-electron chi connectivity index (χ3n) is 18.3. The van der Waals surface area contributed by atoms with Crippen LogP contribution in [0.4, 0.5) is 0 Å². The van der Waals surface area contributed by atoms with Crippen molar-refractivity contribution in [2.24, 2.45) is 79.9 Å². The number of hydrogen-bond donors (Lipinski definition) is 4. The first-order chi connectivity index (χ1) is 40.6. The zero-order chi connectivity index (χ0) is 67.5. The van der Waals surface area contributed by atoms with Gasteiger partial charge in [-0.15, -0.1) is 0 Å². The summed E-state index contributed by atoms with van der Waals surface area (Å²) in [5.74, 6) is -7.96. The fourth-order valence-corrected chi connectivity index (χ4v) is 12.4. The van der Waals surface area contributed by atoms with Gasteiger partial charge in [0.25, 0.3) is 0 Å². The zero-order valence-corrected chi connectivity index (χ0v) is 58.7. The van der Waals surface area contributed by atoms with E-state index in [4.69, 9.17) is 21.1 Å². The average molecular weight is 1240 g/mol. The van der Waals surface area contributed by atoms with Crippen LogP contribution in [0.2, 0.25) is 0 Å². The van der Waals surface area contributed by atoms with Gasteiger partial charge in [0.15, 0.2) is 0 Å². The number of esters is 3. The van der Waals surface area contributed by atoms with E-state index in [-0.39, 0.29) is 72.5 Å². The van der Waals surface area contributed by atoms with Gasteiger partial charge in [0.2, 0.25) is 23.6 Å². The molecule has 0 aromatic heterocycles. The molecule has 508 valence electrons. The van der Waals surface area contributed by atoms with Gasteiger partial charge in [-0.1, -0.05) is 174 Å². The molecule has 87 heavy (non-hydrogen) atoms. The number of ether oxygens (including phenoxy) is 2. The van der Waals surface area contributed by atoms with Crippen LogP contribution in [-0.4, -0.2) is 158 Å². The van der Waals surface area contributed by atoms with Crippen LogP contribution in [0.5, 0.6) is 0 Å². The van der Waals surface area contributed by atoms with Crippen LogP contribution < -0.4 is 5.73 Å². The lowest BCUT2D eigenvalue weighted by atomic mass is 9.64. The van der Waals surface area contributed by atoms with Gasteiger partial charge in [0.05, 0.1) is 60.5 Å². The molecule has 8 unspecified atom stereocenters. The summed E-state index contributed by atoms with van der Waals surface area (Å²) in [5, 5.41) is 21.1. The van der Waals surface area contributed by atoms with Crippen molar-refractivity contribution in [1.82, 2.24) is 19.6 Å². The minimum atomic E-state index is -1.10. The van der Waals surface area contributed by atoms with E-state index in [0.717, 1.165) is 77.4 Å². The number of amides is 4. The highest BCUT2D eigenvalue weighted by molar-refractivity contribution is 6.06. The summed E-state index contributed by atoms with van der Waals surface area (Å²) in [4.78, 5) is 111. The number of imide groups is 2. The Bertz CT molecular complexity index is 2040. The summed E-state index contributed by atoms with van der Waals surface area (Å²) in [6.07, 6.45) is 18.9. The monoisotopic (exact) mass is 1240 g/mol. The molecule has 0 spiro atoms. The fraction of sp³-hybridized carbons (Fsp3) is 0.882. The molecule has 3 fully saturated rings. The minimum Gasteiger partial charge on any atom is -0.481 e. The van der Waals surface area contributed by atoms with Gasteiger partial charge in [0.1, 0.15) is 0 Å². The molecule has 8 atom stereocenters. The predicted octanol–water partition coefficient (Wildman–Crippen LogP) is 12.5. The number of aliphatic hydroxyl groups excluding tert-OH is 1. The fourth-order valence-electron chi connectivity index (χ4n) is 12.4. The number of carboxylic acid groups (broad SMARTS) is 1. The molecule has 0 aromatic rings. The first-order valence-electron chi connectivity index (χ1n) is 33.4. The van der Waals surface area contributed by atoms with Crippen LogP contribution in [0.1, 0.15) is 239 Å². The van der Waals surface area contributed by atoms with E-state index in [1.165, 1.54) is 48.3 Å². The molecule has 3 aliphatic heterocycles. The molecule has 19 heteroatoms. The minimum absolute atomic E-state index is 0.115. The molecular formula is C68H129N7O12. The van der Waals surface area contributed by atoms with E-state index in [1.54, 1.807) is 41.5 Å². The Morgan fingerprint density at radius 3 is 1.44 bits per heavy atom. The molecular weight excluding hydrogens is 1110 g/mol. The van der Waals surface area contributed by atoms with E-state index in [9.17, 15) is 43.5 Å². The number of carboxylic acids is 1. The van der Waals surface area contributed by atoms with E-state index in [1.807, 2.05) is 74.6 Å². The number of aliphatic carboxylic acids is 1. The van der Waals surface area contributed by atoms with Crippen LogP contribution >= 0.6 is 0 Å². The van der Waals surface area contributed by atoms with E-state index in [2.05, 4.69) is 42.4 Å². The second-order valence-electron chi connectivity index (χ2n) is 27.8. The molecule has 0 bridgehead atoms. The molecule has 19 nitrogen and oxygen atoms in total. The molecule has 3 aliphatic rings. The number of rotatable bonds is 37. The molecule has 0 saturated carbocycles. The summed E-state index contributed by atoms with van der Waals surface area (Å²) in [5.41, 5.74) is 9.65. The number of cyclic esters (lactones) is 2. The third kappa shape index (κ3) is 29.1. The molecule has 0 aromatic carbocycles. The van der Waals surface area contributed by atoms with Gasteiger partial charge in [0, 0.05) is 19.7 Å². The van der Waals surface area contributed by atoms with Crippen molar-refractivity contribution in [3.8, 4) is 0 Å². The van der Waals surface area contributed by atoms with Gasteiger partial charge in [-0.3, -0.25) is 48.2 Å². The summed E-state index contributed by atoms with van der Waals surface area (Å²) in [6, 6.07) is 0. The summed E-state index contributed by atoms with van der Waals surface area (Å²) in [6.45, 7) is 35.3. The second-order valence-corrected chi connectivity index (χ2v) is 27.8. The van der Waals surface area contributed by atoms with Gasteiger partial charge < -0.3 is 35.2 Å². The summed E-state index contributed by atoms with van der Waals surface area (Å²) in [7, 11) is 7.97. The van der Waals surface area contributed by atoms with E-state index in [0.29, 0.717) is 45.3 Å². The molecule has 4 amide bonds. The average Bonchev–Trinajstić information content (AvgIpc) is 1.72. The Morgan fingerprint density at radius 1 is 0.621 bits per heavy atom. The van der Waals surface area contributed by atoms with Crippen LogP contribution in [0.15, 0.2) is 5.11 Å². The summed E-state index contributed by atoms with van der Waals surface area (Å²) < 4.78 is 9.78. The number of hydrogen-bond acceptors (Lipinski definition) is 16. The quantitative estimate of drug-likeness (QED) is 0.0148. The normalized spacial score (nSPS) is 20.5. The number of unbranched alkanes of at least 4 members (excludes halogenated alkanes) is 10. The molecule has 5 N–H and O–H groups in total. The highest BCUT2D eigenvalue weighted by Gasteiger charge is 2.57. The lowest BCUT2D eigenvalue weighted by Gasteiger charge is -2.38. The SMILES string of the molecule is CCC(C)(C)C1C(=O)OC(=O)C1C.CCCCCCCCN.CCCCCCCCN1C(=O)C(CCC(C)(C)C(C(=O)O)C(C)C(=O)OCC)C(C(C)(C)CCC2C(=O)N(CCCN(C)C)C(=O)C2C(C)(C)CC)C1=O.CCO.CN(C)CCCN=N. The third-order valence-corrected chi connectivity index (χ3v) is 18.3. The number of nitrogens with one attached hydrogen (secondary N) is 1. The first kappa shape index (κ1) is 84.9. The topological polar surface area (TPSA) is 271 Å². The van der Waals surface area contributed by atoms with Crippen LogP contribution in [0, 0.1) is 74.5 Å². The highest BCUT2D eigenvalue weighted by Crippen LogP contribution is 2.50. The van der Waals surface area contributed by atoms with Crippen LogP contribution in [0.25, 0.3) is 0 Å². The van der Waals surface area contributed by atoms with Gasteiger partial charge in [-0.05, 0) is 135 Å². The Hall–Kier alpha value is -4.20. The maximum Gasteiger partial charge on any atom is 0.318 e. The lowest BCUT2D eigenvalue weighted by Crippen LogP contribution is -2.41. The number of nitrogens with two attached hydrogens (primary N) is 1. The van der Waals surface area contributed by atoms with Crippen molar-refractivity contribution in [3.63, 3.8) is 0 Å². The van der Waals surface area contributed by atoms with Gasteiger partial charge >= 0.3 is 23.9 Å². The van der Waals surface area contributed by atoms with Crippen molar-refractivity contribution < 1.29 is 58.0 Å². The number of carbonyl (C=O) groups is 8. The van der Waals surface area contributed by atoms with Gasteiger partial charge in [-0.25, -0.2) is 5.53 Å². The molecule has 3 rings (SSSR count). The Labute approximate surface area is 528 Å². The van der Waals surface area contributed by atoms with E-state index >= 15 is 0 Å². The van der Waals surface area contributed by atoms with Crippen molar-refractivity contribution in [2.45, 2.75) is 239 Å². The Morgan fingerprint density at radius 2 is 1.03 bits per heavy atom. The van der Waals surface area contributed by atoms with Crippen molar-refractivity contribution in [3.05, 3.63) is 0 Å². The largest absolute Gasteiger partial charge is 0.481 e. The van der Waals surface area contributed by atoms with Crippen molar-refractivity contribution in [2.75, 3.05) is 80.7 Å². The molecule has 0 aliphatic carbocycles. The maximum atomic E-state index is 14.4. The maximum absolute atomic E-state index is 14.4. The molecule has 0 radical (unpaired) electrons. The number of likely N-dealkylation sites (tertiary alicyclic amines) is 2.